The highest BCUT2D eigenvalue weighted by Crippen LogP contribution is 2.38. The van der Waals surface area contributed by atoms with Crippen molar-refractivity contribution in [1.29, 1.82) is 0 Å². The summed E-state index contributed by atoms with van der Waals surface area (Å²) in [7, 11) is 0. The topological polar surface area (TPSA) is 57.1 Å². The number of hydrazone groups is 1. The molecule has 2 aliphatic heterocycles. The number of carbonyl (C=O) groups excluding carboxylic acids is 1. The van der Waals surface area contributed by atoms with Gasteiger partial charge in [-0.3, -0.25) is 15.1 Å². The molecule has 2 aromatic carbocycles. The van der Waals surface area contributed by atoms with Crippen LogP contribution in [0.5, 0.6) is 0 Å². The number of unbranched alkanes of at least 4 members (excludes halogenated alkanes) is 1. The van der Waals surface area contributed by atoms with Crippen LogP contribution in [0.4, 0.5) is 0 Å². The maximum atomic E-state index is 13.0. The summed E-state index contributed by atoms with van der Waals surface area (Å²) in [4.78, 5) is 17.8. The molecule has 28 heavy (non-hydrogen) atoms. The maximum absolute atomic E-state index is 13.0. The standard InChI is InChI=1S/C20H18Cl2N4OS/c1-2-3-11-28-20-24-19(27)17-12-7-4-5-10-15(12)23-18(26(17)25-20)16-13(21)8-6-9-14(16)22/h4-10,18H,2-3,11H2,1H3,(H,24,25,27). The molecule has 0 aromatic heterocycles. The smallest absolute Gasteiger partial charge is 0.276 e. The molecule has 144 valence electrons. The number of fused-ring (bicyclic) bond motifs is 2. The van der Waals surface area contributed by atoms with Gasteiger partial charge in [0.05, 0.1) is 5.36 Å². The highest BCUT2D eigenvalue weighted by Gasteiger charge is 2.36. The van der Waals surface area contributed by atoms with E-state index in [1.807, 2.05) is 24.3 Å². The van der Waals surface area contributed by atoms with E-state index < -0.39 is 6.17 Å². The lowest BCUT2D eigenvalue weighted by Crippen LogP contribution is -2.50. The van der Waals surface area contributed by atoms with Crippen LogP contribution in [0.3, 0.4) is 0 Å². The first-order chi connectivity index (χ1) is 13.6. The van der Waals surface area contributed by atoms with Crippen molar-refractivity contribution >= 4 is 51.7 Å². The van der Waals surface area contributed by atoms with Gasteiger partial charge in [-0.25, -0.2) is 5.01 Å². The van der Waals surface area contributed by atoms with Gasteiger partial charge in [0.2, 0.25) is 0 Å². The van der Waals surface area contributed by atoms with Gasteiger partial charge >= 0.3 is 0 Å². The summed E-state index contributed by atoms with van der Waals surface area (Å²) < 4.78 is 0. The average Bonchev–Trinajstić information content (AvgIpc) is 2.68. The molecular weight excluding hydrogens is 415 g/mol. The predicted octanol–water partition coefficient (Wildman–Crippen LogP) is 3.67. The molecule has 2 aliphatic rings. The Morgan fingerprint density at radius 1 is 1.14 bits per heavy atom. The van der Waals surface area contributed by atoms with E-state index in [1.54, 1.807) is 23.2 Å². The second-order valence-corrected chi connectivity index (χ2v) is 8.31. The van der Waals surface area contributed by atoms with E-state index in [2.05, 4.69) is 12.2 Å². The van der Waals surface area contributed by atoms with Crippen LogP contribution < -0.4 is 15.9 Å². The molecule has 0 bridgehead atoms. The van der Waals surface area contributed by atoms with Crippen LogP contribution in [0.15, 0.2) is 52.6 Å². The summed E-state index contributed by atoms with van der Waals surface area (Å²) in [5.41, 5.74) is 1.08. The number of nitrogens with zero attached hydrogens (tertiary/aromatic N) is 3. The number of benzene rings is 2. The minimum Gasteiger partial charge on any atom is -0.298 e. The number of amidine groups is 1. The lowest BCUT2D eigenvalue weighted by molar-refractivity contribution is -0.116. The SMILES string of the molecule is CCCCSC1=NN2C(=c3ccccc3=NC2c2c(Cl)cccc2Cl)C(=O)N1. The van der Waals surface area contributed by atoms with Crippen molar-refractivity contribution in [3.05, 3.63) is 68.6 Å². The molecular formula is C20H18Cl2N4OS. The molecule has 1 amide bonds. The van der Waals surface area contributed by atoms with Crippen molar-refractivity contribution < 1.29 is 4.79 Å². The van der Waals surface area contributed by atoms with Crippen LogP contribution in [0.25, 0.3) is 5.70 Å². The van der Waals surface area contributed by atoms with E-state index in [0.717, 1.165) is 23.8 Å². The molecule has 2 heterocycles. The molecule has 2 aromatic rings. The molecule has 0 saturated heterocycles. The van der Waals surface area contributed by atoms with Crippen molar-refractivity contribution in [1.82, 2.24) is 10.3 Å². The number of carbonyl (C=O) groups is 1. The second-order valence-electron chi connectivity index (χ2n) is 6.41. The largest absolute Gasteiger partial charge is 0.298 e. The van der Waals surface area contributed by atoms with Crippen molar-refractivity contribution in [2.45, 2.75) is 25.9 Å². The number of halogens is 2. The number of amides is 1. The highest BCUT2D eigenvalue weighted by atomic mass is 35.5. The third-order valence-corrected chi connectivity index (χ3v) is 6.12. The molecule has 0 spiro atoms. The second kappa shape index (κ2) is 8.15. The summed E-state index contributed by atoms with van der Waals surface area (Å²) in [6.45, 7) is 2.13. The van der Waals surface area contributed by atoms with Crippen LogP contribution in [0.1, 0.15) is 31.5 Å². The fourth-order valence-corrected chi connectivity index (χ4v) is 4.68. The van der Waals surface area contributed by atoms with E-state index >= 15 is 0 Å². The van der Waals surface area contributed by atoms with Crippen molar-refractivity contribution in [3.63, 3.8) is 0 Å². The zero-order valence-electron chi connectivity index (χ0n) is 15.2. The van der Waals surface area contributed by atoms with E-state index in [1.165, 1.54) is 11.8 Å². The Hall–Kier alpha value is -2.02. The first-order valence-electron chi connectivity index (χ1n) is 9.03. The average molecular weight is 433 g/mol. The number of para-hydroxylation sites is 1. The minimum atomic E-state index is -0.612. The zero-order valence-corrected chi connectivity index (χ0v) is 17.5. The quantitative estimate of drug-likeness (QED) is 0.749. The highest BCUT2D eigenvalue weighted by molar-refractivity contribution is 8.13. The first kappa shape index (κ1) is 19.3. The Labute approximate surface area is 177 Å². The maximum Gasteiger partial charge on any atom is 0.276 e. The molecule has 1 atom stereocenters. The molecule has 1 N–H and O–H groups in total. The van der Waals surface area contributed by atoms with Crippen LogP contribution >= 0.6 is 35.0 Å². The molecule has 0 radical (unpaired) electrons. The van der Waals surface area contributed by atoms with Gasteiger partial charge in [-0.15, -0.1) is 5.10 Å². The van der Waals surface area contributed by atoms with Gasteiger partial charge in [-0.05, 0) is 24.6 Å². The third-order valence-electron chi connectivity index (χ3n) is 4.51. The van der Waals surface area contributed by atoms with Crippen molar-refractivity contribution in [3.8, 4) is 0 Å². The van der Waals surface area contributed by atoms with Gasteiger partial charge in [-0.1, -0.05) is 72.6 Å². The molecule has 0 saturated carbocycles. The van der Waals surface area contributed by atoms with Gasteiger partial charge in [0.15, 0.2) is 11.3 Å². The van der Waals surface area contributed by atoms with E-state index in [4.69, 9.17) is 33.3 Å². The van der Waals surface area contributed by atoms with Crippen LogP contribution in [-0.2, 0) is 4.79 Å². The number of hydrogen-bond donors (Lipinski definition) is 1. The van der Waals surface area contributed by atoms with Gasteiger partial charge < -0.3 is 0 Å². The molecule has 1 unspecified atom stereocenters. The number of thioether (sulfide) groups is 1. The Morgan fingerprint density at radius 2 is 1.89 bits per heavy atom. The Balaban J connectivity index is 1.89. The van der Waals surface area contributed by atoms with Gasteiger partial charge in [0, 0.05) is 26.6 Å². The number of nitrogens with one attached hydrogen (secondary N) is 1. The molecule has 4 rings (SSSR count). The molecule has 5 nitrogen and oxygen atoms in total. The summed E-state index contributed by atoms with van der Waals surface area (Å²) >= 11 is 14.4. The van der Waals surface area contributed by atoms with E-state index in [9.17, 15) is 4.79 Å². The Bertz CT molecular complexity index is 1070. The Morgan fingerprint density at radius 3 is 2.64 bits per heavy atom. The number of rotatable bonds is 4. The predicted molar refractivity (Wildman–Crippen MR) is 115 cm³/mol. The molecule has 0 fully saturated rings. The van der Waals surface area contributed by atoms with Crippen molar-refractivity contribution in [2.75, 3.05) is 5.75 Å². The van der Waals surface area contributed by atoms with Crippen LogP contribution in [-0.4, -0.2) is 21.8 Å². The van der Waals surface area contributed by atoms with Crippen LogP contribution in [0.2, 0.25) is 10.0 Å². The zero-order chi connectivity index (χ0) is 19.7. The fraction of sp³-hybridized carbons (Fsp3) is 0.250. The lowest BCUT2D eigenvalue weighted by atomic mass is 10.1. The third kappa shape index (κ3) is 3.52. The molecule has 8 heteroatoms. The number of hydrogen-bond acceptors (Lipinski definition) is 5. The van der Waals surface area contributed by atoms with Gasteiger partial charge in [0.1, 0.15) is 5.70 Å². The van der Waals surface area contributed by atoms with E-state index in [-0.39, 0.29) is 5.91 Å². The summed E-state index contributed by atoms with van der Waals surface area (Å²) in [6, 6.07) is 12.8. The Kier molecular flexibility index (Phi) is 5.62. The lowest BCUT2D eigenvalue weighted by Gasteiger charge is -2.34. The summed E-state index contributed by atoms with van der Waals surface area (Å²) in [5.74, 6) is 0.675. The minimum absolute atomic E-state index is 0.204. The van der Waals surface area contributed by atoms with Crippen LogP contribution in [0, 0.1) is 0 Å². The monoisotopic (exact) mass is 432 g/mol. The normalized spacial score (nSPS) is 18.0. The summed E-state index contributed by atoms with van der Waals surface area (Å²) in [5, 5.41) is 12.2. The van der Waals surface area contributed by atoms with Crippen molar-refractivity contribution in [2.24, 2.45) is 10.1 Å². The van der Waals surface area contributed by atoms with Gasteiger partial charge in [-0.2, -0.15) is 0 Å². The fourth-order valence-electron chi connectivity index (χ4n) is 3.15. The summed E-state index contributed by atoms with van der Waals surface area (Å²) in [6.07, 6.45) is 1.51. The van der Waals surface area contributed by atoms with Gasteiger partial charge in [0.25, 0.3) is 5.91 Å². The molecule has 0 aliphatic carbocycles. The van der Waals surface area contributed by atoms with E-state index in [0.29, 0.717) is 31.8 Å². The first-order valence-corrected chi connectivity index (χ1v) is 10.8.